The van der Waals surface area contributed by atoms with E-state index < -0.39 is 12.1 Å². The highest BCUT2D eigenvalue weighted by molar-refractivity contribution is 5.78. The first-order valence-electron chi connectivity index (χ1n) is 6.57. The fourth-order valence-corrected chi connectivity index (χ4v) is 2.11. The zero-order chi connectivity index (χ0) is 15.3. The molecule has 0 bridgehead atoms. The van der Waals surface area contributed by atoms with Gasteiger partial charge in [0.05, 0.1) is 20.8 Å². The number of benzene rings is 1. The Morgan fingerprint density at radius 2 is 1.90 bits per heavy atom. The third kappa shape index (κ3) is 3.22. The quantitative estimate of drug-likeness (QED) is 0.812. The van der Waals surface area contributed by atoms with Crippen molar-refractivity contribution >= 4 is 5.97 Å². The molecule has 112 valence electrons. The molecule has 0 aliphatic rings. The van der Waals surface area contributed by atoms with E-state index in [9.17, 15) is 9.90 Å². The van der Waals surface area contributed by atoms with E-state index in [4.69, 9.17) is 14.2 Å². The maximum Gasteiger partial charge on any atom is 0.339 e. The second-order valence-corrected chi connectivity index (χ2v) is 4.61. The van der Waals surface area contributed by atoms with Crippen LogP contribution in [-0.2, 0) is 9.53 Å². The van der Waals surface area contributed by atoms with Crippen molar-refractivity contribution in [3.05, 3.63) is 23.3 Å². The molecule has 5 nitrogen and oxygen atoms in total. The van der Waals surface area contributed by atoms with E-state index in [1.165, 1.54) is 7.11 Å². The van der Waals surface area contributed by atoms with E-state index in [1.807, 2.05) is 13.8 Å². The van der Waals surface area contributed by atoms with Crippen LogP contribution in [0.25, 0.3) is 0 Å². The van der Waals surface area contributed by atoms with Crippen LogP contribution >= 0.6 is 0 Å². The summed E-state index contributed by atoms with van der Waals surface area (Å²) in [4.78, 5) is 11.7. The molecule has 1 atom stereocenters. The Morgan fingerprint density at radius 3 is 2.35 bits per heavy atom. The number of aliphatic hydroxyl groups excluding tert-OH is 1. The van der Waals surface area contributed by atoms with Crippen LogP contribution in [0.4, 0.5) is 0 Å². The monoisotopic (exact) mass is 282 g/mol. The summed E-state index contributed by atoms with van der Waals surface area (Å²) in [6, 6.07) is 3.33. The summed E-state index contributed by atoms with van der Waals surface area (Å²) in [5.74, 6) is 0.552. The fourth-order valence-electron chi connectivity index (χ4n) is 2.11. The van der Waals surface area contributed by atoms with Crippen LogP contribution < -0.4 is 9.47 Å². The smallest absolute Gasteiger partial charge is 0.339 e. The maximum absolute atomic E-state index is 11.7. The van der Waals surface area contributed by atoms with E-state index in [0.717, 1.165) is 5.56 Å². The second-order valence-electron chi connectivity index (χ2n) is 4.61. The second kappa shape index (κ2) is 7.14. The van der Waals surface area contributed by atoms with Gasteiger partial charge in [0.2, 0.25) is 0 Å². The van der Waals surface area contributed by atoms with Crippen molar-refractivity contribution in [2.75, 3.05) is 20.8 Å². The number of esters is 1. The summed E-state index contributed by atoms with van der Waals surface area (Å²) in [5, 5.41) is 10.1. The van der Waals surface area contributed by atoms with Crippen molar-refractivity contribution < 1.29 is 24.1 Å². The molecule has 1 rings (SSSR count). The number of aliphatic hydroxyl groups is 1. The van der Waals surface area contributed by atoms with E-state index in [0.29, 0.717) is 17.1 Å². The van der Waals surface area contributed by atoms with Gasteiger partial charge in [0.25, 0.3) is 0 Å². The van der Waals surface area contributed by atoms with Gasteiger partial charge < -0.3 is 19.3 Å². The van der Waals surface area contributed by atoms with E-state index in [1.54, 1.807) is 26.2 Å². The van der Waals surface area contributed by atoms with Crippen LogP contribution in [0.3, 0.4) is 0 Å². The molecule has 0 aliphatic carbocycles. The van der Waals surface area contributed by atoms with E-state index in [2.05, 4.69) is 0 Å². The number of methoxy groups -OCH3 is 2. The first-order chi connectivity index (χ1) is 9.47. The normalized spacial score (nSPS) is 12.2. The molecule has 1 aromatic carbocycles. The van der Waals surface area contributed by atoms with Gasteiger partial charge in [-0.05, 0) is 25.0 Å². The van der Waals surface area contributed by atoms with Gasteiger partial charge in [0, 0.05) is 11.1 Å². The van der Waals surface area contributed by atoms with Crippen LogP contribution in [0, 0.1) is 0 Å². The van der Waals surface area contributed by atoms with Crippen molar-refractivity contribution in [1.82, 2.24) is 0 Å². The van der Waals surface area contributed by atoms with Crippen molar-refractivity contribution in [1.29, 1.82) is 0 Å². The minimum Gasteiger partial charge on any atom is -0.496 e. The highest BCUT2D eigenvalue weighted by Gasteiger charge is 2.26. The lowest BCUT2D eigenvalue weighted by atomic mass is 9.95. The standard InChI is InChI=1S/C15H22O5/c1-6-20-15(17)13(16)10-7-8-11(18-4)12(9(2)3)14(10)19-5/h7-9,13,16H,6H2,1-5H3. The number of hydrogen-bond donors (Lipinski definition) is 1. The van der Waals surface area contributed by atoms with Gasteiger partial charge >= 0.3 is 5.97 Å². The fraction of sp³-hybridized carbons (Fsp3) is 0.533. The summed E-state index contributed by atoms with van der Waals surface area (Å²) >= 11 is 0. The summed E-state index contributed by atoms with van der Waals surface area (Å²) in [6.07, 6.45) is -1.37. The predicted octanol–water partition coefficient (Wildman–Crippen LogP) is 2.42. The van der Waals surface area contributed by atoms with Crippen molar-refractivity contribution in [2.24, 2.45) is 0 Å². The number of carbonyl (C=O) groups is 1. The Kier molecular flexibility index (Phi) is 5.82. The van der Waals surface area contributed by atoms with Gasteiger partial charge in [0.15, 0.2) is 6.10 Å². The number of ether oxygens (including phenoxy) is 3. The average Bonchev–Trinajstić information content (AvgIpc) is 2.44. The zero-order valence-corrected chi connectivity index (χ0v) is 12.6. The van der Waals surface area contributed by atoms with Crippen molar-refractivity contribution in [2.45, 2.75) is 32.8 Å². The van der Waals surface area contributed by atoms with Crippen LogP contribution in [0.2, 0.25) is 0 Å². The molecular weight excluding hydrogens is 260 g/mol. The topological polar surface area (TPSA) is 65.0 Å². The van der Waals surface area contributed by atoms with Crippen molar-refractivity contribution in [3.63, 3.8) is 0 Å². The van der Waals surface area contributed by atoms with Gasteiger partial charge in [-0.3, -0.25) is 0 Å². The SMILES string of the molecule is CCOC(=O)C(O)c1ccc(OC)c(C(C)C)c1OC. The molecule has 0 saturated heterocycles. The maximum atomic E-state index is 11.7. The molecule has 0 aliphatic heterocycles. The van der Waals surface area contributed by atoms with Gasteiger partial charge in [-0.25, -0.2) is 4.79 Å². The first kappa shape index (κ1) is 16.3. The van der Waals surface area contributed by atoms with Crippen LogP contribution in [0.5, 0.6) is 11.5 Å². The molecular formula is C15H22O5. The van der Waals surface area contributed by atoms with Gasteiger partial charge in [-0.2, -0.15) is 0 Å². The molecule has 20 heavy (non-hydrogen) atoms. The Labute approximate surface area is 119 Å². The third-order valence-corrected chi connectivity index (χ3v) is 2.99. The molecule has 0 heterocycles. The lowest BCUT2D eigenvalue weighted by molar-refractivity contribution is -0.153. The molecule has 0 radical (unpaired) electrons. The highest BCUT2D eigenvalue weighted by Crippen LogP contribution is 2.40. The van der Waals surface area contributed by atoms with E-state index >= 15 is 0 Å². The molecule has 0 spiro atoms. The molecule has 5 heteroatoms. The van der Waals surface area contributed by atoms with Crippen molar-refractivity contribution in [3.8, 4) is 11.5 Å². The molecule has 1 aromatic rings. The summed E-state index contributed by atoms with van der Waals surface area (Å²) in [5.41, 5.74) is 1.20. The molecule has 0 fully saturated rings. The highest BCUT2D eigenvalue weighted by atomic mass is 16.5. The van der Waals surface area contributed by atoms with Gasteiger partial charge in [-0.15, -0.1) is 0 Å². The average molecular weight is 282 g/mol. The molecule has 0 saturated carbocycles. The Hall–Kier alpha value is -1.75. The Bertz CT molecular complexity index is 468. The van der Waals surface area contributed by atoms with E-state index in [-0.39, 0.29) is 12.5 Å². The Morgan fingerprint density at radius 1 is 1.25 bits per heavy atom. The minimum atomic E-state index is -1.37. The summed E-state index contributed by atoms with van der Waals surface area (Å²) < 4.78 is 15.5. The number of carbonyl (C=O) groups excluding carboxylic acids is 1. The van der Waals surface area contributed by atoms with Gasteiger partial charge in [-0.1, -0.05) is 13.8 Å². The molecule has 1 N–H and O–H groups in total. The third-order valence-electron chi connectivity index (χ3n) is 2.99. The predicted molar refractivity (Wildman–Crippen MR) is 75.2 cm³/mol. The zero-order valence-electron chi connectivity index (χ0n) is 12.6. The van der Waals surface area contributed by atoms with Crippen LogP contribution in [0.1, 0.15) is 43.9 Å². The number of rotatable bonds is 6. The largest absolute Gasteiger partial charge is 0.496 e. The minimum absolute atomic E-state index is 0.120. The van der Waals surface area contributed by atoms with Gasteiger partial charge in [0.1, 0.15) is 11.5 Å². The lowest BCUT2D eigenvalue weighted by Gasteiger charge is -2.21. The first-order valence-corrected chi connectivity index (χ1v) is 6.57. The lowest BCUT2D eigenvalue weighted by Crippen LogP contribution is -2.17. The van der Waals surface area contributed by atoms with Crippen LogP contribution in [0.15, 0.2) is 12.1 Å². The number of hydrogen-bond acceptors (Lipinski definition) is 5. The molecule has 1 unspecified atom stereocenters. The molecule has 0 aromatic heterocycles. The van der Waals surface area contributed by atoms with Crippen LogP contribution in [-0.4, -0.2) is 31.9 Å². The summed E-state index contributed by atoms with van der Waals surface area (Å²) in [7, 11) is 3.07. The Balaban J connectivity index is 3.34. The summed E-state index contributed by atoms with van der Waals surface area (Å²) in [6.45, 7) is 5.88. The molecule has 0 amide bonds.